The fourth-order valence-electron chi connectivity index (χ4n) is 7.26. The van der Waals surface area contributed by atoms with Crippen molar-refractivity contribution in [2.75, 3.05) is 52.5 Å². The highest BCUT2D eigenvalue weighted by atomic mass is 19.4. The number of carbonyl (C=O) groups is 3. The molecule has 10 nitrogen and oxygen atoms in total. The number of benzene rings is 2. The number of fused-ring (bicyclic) bond motifs is 1. The minimum absolute atomic E-state index is 0.000266. The van der Waals surface area contributed by atoms with Crippen molar-refractivity contribution in [1.29, 1.82) is 0 Å². The van der Waals surface area contributed by atoms with Crippen LogP contribution >= 0.6 is 0 Å². The Kier molecular flexibility index (Phi) is 13.5. The van der Waals surface area contributed by atoms with Crippen LogP contribution in [0.5, 0.6) is 0 Å². The Labute approximate surface area is 296 Å². The van der Waals surface area contributed by atoms with Crippen LogP contribution in [0.3, 0.4) is 0 Å². The number of halogens is 3. The van der Waals surface area contributed by atoms with E-state index >= 15 is 0 Å². The normalized spacial score (nSPS) is 19.2. The molecular weight excluding hydrogens is 665 g/mol. The van der Waals surface area contributed by atoms with Crippen LogP contribution in [0.2, 0.25) is 0 Å². The zero-order valence-electron chi connectivity index (χ0n) is 29.0. The molecule has 0 unspecified atom stereocenters. The average molecular weight is 715 g/mol. The first-order valence-electron chi connectivity index (χ1n) is 18.0. The molecule has 1 atom stereocenters. The molecule has 51 heavy (non-hydrogen) atoms. The number of amides is 2. The van der Waals surface area contributed by atoms with Gasteiger partial charge in [0, 0.05) is 57.4 Å². The fourth-order valence-corrected chi connectivity index (χ4v) is 7.26. The predicted molar refractivity (Wildman–Crippen MR) is 186 cm³/mol. The lowest BCUT2D eigenvalue weighted by Gasteiger charge is -2.37. The highest BCUT2D eigenvalue weighted by molar-refractivity contribution is 6.00. The van der Waals surface area contributed by atoms with E-state index in [-0.39, 0.29) is 23.6 Å². The van der Waals surface area contributed by atoms with Gasteiger partial charge in [0.05, 0.1) is 0 Å². The molecule has 278 valence electrons. The maximum atomic E-state index is 14.0. The van der Waals surface area contributed by atoms with Gasteiger partial charge in [0.25, 0.3) is 5.91 Å². The second-order valence-electron chi connectivity index (χ2n) is 13.9. The van der Waals surface area contributed by atoms with Gasteiger partial charge in [0.15, 0.2) is 5.76 Å². The molecule has 1 saturated carbocycles. The lowest BCUT2D eigenvalue weighted by atomic mass is 9.93. The topological polar surface area (TPSA) is 124 Å². The van der Waals surface area contributed by atoms with Crippen molar-refractivity contribution in [2.45, 2.75) is 75.5 Å². The molecule has 3 N–H and O–H groups in total. The summed E-state index contributed by atoms with van der Waals surface area (Å²) in [6.07, 6.45) is 3.11. The minimum atomic E-state index is -5.08. The maximum Gasteiger partial charge on any atom is 0.490 e. The van der Waals surface area contributed by atoms with E-state index in [1.54, 1.807) is 6.07 Å². The van der Waals surface area contributed by atoms with E-state index in [2.05, 4.69) is 44.7 Å². The smallest absolute Gasteiger partial charge is 0.475 e. The number of nitrogens with zero attached hydrogens (tertiary/aromatic N) is 2. The number of alkyl halides is 3. The molecule has 0 radical (unpaired) electrons. The zero-order chi connectivity index (χ0) is 36.3. The number of hydrogen-bond donors (Lipinski definition) is 3. The van der Waals surface area contributed by atoms with E-state index < -0.39 is 17.7 Å². The lowest BCUT2D eigenvalue weighted by Crippen LogP contribution is -2.59. The first kappa shape index (κ1) is 38.3. The van der Waals surface area contributed by atoms with Crippen LogP contribution in [0.4, 0.5) is 13.2 Å². The van der Waals surface area contributed by atoms with E-state index in [1.165, 1.54) is 24.9 Å². The van der Waals surface area contributed by atoms with Crippen molar-refractivity contribution in [3.63, 3.8) is 0 Å². The van der Waals surface area contributed by atoms with Crippen LogP contribution in [-0.2, 0) is 20.7 Å². The van der Waals surface area contributed by atoms with Crippen LogP contribution in [0, 0.1) is 5.92 Å². The quantitative estimate of drug-likeness (QED) is 0.220. The number of piperazine rings is 1. The standard InChI is InChI=1S/C36H48N4O4.C2HF3O2/c41-34(33-26-30-11-4-5-13-32(30)44-33)38-36(16-6-7-17-36)35(42)37-31(25-28-9-2-1-3-10-28)12-8-18-39-19-21-40(22-20-39)27-29-14-23-43-24-15-29;3-2(4,5)1(6)7/h1-5,9-11,13,26,29,31H,6-8,12,14-25,27H2,(H,37,42)(H,38,41);(H,6,7)/t31-;/m0./s1. The van der Waals surface area contributed by atoms with Crippen molar-refractivity contribution in [3.05, 3.63) is 72.0 Å². The molecule has 2 saturated heterocycles. The summed E-state index contributed by atoms with van der Waals surface area (Å²) in [5, 5.41) is 14.5. The van der Waals surface area contributed by atoms with Gasteiger partial charge in [0.2, 0.25) is 5.91 Å². The van der Waals surface area contributed by atoms with E-state index in [0.29, 0.717) is 18.4 Å². The maximum absolute atomic E-state index is 14.0. The second-order valence-corrected chi connectivity index (χ2v) is 13.9. The highest BCUT2D eigenvalue weighted by Crippen LogP contribution is 2.31. The van der Waals surface area contributed by atoms with E-state index in [4.69, 9.17) is 19.1 Å². The molecule has 3 heterocycles. The lowest BCUT2D eigenvalue weighted by molar-refractivity contribution is -0.192. The third-order valence-corrected chi connectivity index (χ3v) is 10.1. The van der Waals surface area contributed by atoms with Crippen molar-refractivity contribution in [3.8, 4) is 0 Å². The molecule has 3 fully saturated rings. The minimum Gasteiger partial charge on any atom is -0.475 e. The largest absolute Gasteiger partial charge is 0.490 e. The van der Waals surface area contributed by atoms with Gasteiger partial charge >= 0.3 is 12.1 Å². The van der Waals surface area contributed by atoms with Crippen LogP contribution in [-0.4, -0.2) is 103 Å². The third-order valence-electron chi connectivity index (χ3n) is 10.1. The molecule has 2 aliphatic heterocycles. The Morgan fingerprint density at radius 3 is 2.20 bits per heavy atom. The molecule has 3 aliphatic rings. The number of nitrogens with one attached hydrogen (secondary N) is 2. The van der Waals surface area contributed by atoms with Crippen LogP contribution in [0.25, 0.3) is 11.0 Å². The van der Waals surface area contributed by atoms with Gasteiger partial charge < -0.3 is 34.7 Å². The fraction of sp³-hybridized carbons (Fsp3) is 0.553. The van der Waals surface area contributed by atoms with Gasteiger partial charge in [-0.3, -0.25) is 9.59 Å². The van der Waals surface area contributed by atoms with Crippen molar-refractivity contribution >= 4 is 28.8 Å². The zero-order valence-corrected chi connectivity index (χ0v) is 29.0. The third kappa shape index (κ3) is 11.3. The van der Waals surface area contributed by atoms with Crippen molar-refractivity contribution < 1.29 is 41.8 Å². The Bertz CT molecular complexity index is 1530. The molecular formula is C38H49F3N4O6. The number of ether oxygens (including phenoxy) is 1. The first-order chi connectivity index (χ1) is 24.5. The summed E-state index contributed by atoms with van der Waals surface area (Å²) in [6.45, 7) is 8.56. The summed E-state index contributed by atoms with van der Waals surface area (Å²) in [4.78, 5) is 41.4. The van der Waals surface area contributed by atoms with Crippen molar-refractivity contribution in [1.82, 2.24) is 20.4 Å². The summed E-state index contributed by atoms with van der Waals surface area (Å²) in [5.74, 6) is -2.12. The number of rotatable bonds is 12. The molecule has 6 rings (SSSR count). The van der Waals surface area contributed by atoms with Gasteiger partial charge in [-0.1, -0.05) is 61.4 Å². The average Bonchev–Trinajstić information content (AvgIpc) is 3.78. The van der Waals surface area contributed by atoms with E-state index in [0.717, 1.165) is 89.3 Å². The summed E-state index contributed by atoms with van der Waals surface area (Å²) in [5.41, 5.74) is 0.976. The van der Waals surface area contributed by atoms with Crippen molar-refractivity contribution in [2.24, 2.45) is 5.92 Å². The van der Waals surface area contributed by atoms with Gasteiger partial charge in [-0.2, -0.15) is 13.2 Å². The first-order valence-corrected chi connectivity index (χ1v) is 18.0. The number of carbonyl (C=O) groups excluding carboxylic acids is 2. The molecule has 1 aromatic heterocycles. The molecule has 2 amide bonds. The number of hydrogen-bond acceptors (Lipinski definition) is 7. The van der Waals surface area contributed by atoms with E-state index in [9.17, 15) is 22.8 Å². The summed E-state index contributed by atoms with van der Waals surface area (Å²) in [7, 11) is 0. The monoisotopic (exact) mass is 714 g/mol. The molecule has 1 aliphatic carbocycles. The van der Waals surface area contributed by atoms with Gasteiger partial charge in [0.1, 0.15) is 11.1 Å². The summed E-state index contributed by atoms with van der Waals surface area (Å²) >= 11 is 0. The molecule has 13 heteroatoms. The molecule has 0 spiro atoms. The van der Waals surface area contributed by atoms with Crippen LogP contribution in [0.1, 0.15) is 67.5 Å². The Morgan fingerprint density at radius 1 is 0.922 bits per heavy atom. The van der Waals surface area contributed by atoms with E-state index in [1.807, 2.05) is 30.3 Å². The number of aliphatic carboxylic acids is 1. The second kappa shape index (κ2) is 18.0. The number of para-hydroxylation sites is 1. The highest BCUT2D eigenvalue weighted by Gasteiger charge is 2.43. The van der Waals surface area contributed by atoms with Gasteiger partial charge in [-0.15, -0.1) is 0 Å². The number of carboxylic acid groups (broad SMARTS) is 1. The molecule has 3 aromatic rings. The van der Waals surface area contributed by atoms with Gasteiger partial charge in [-0.05, 0) is 75.1 Å². The number of furan rings is 1. The van der Waals surface area contributed by atoms with Gasteiger partial charge in [-0.25, -0.2) is 4.79 Å². The van der Waals surface area contributed by atoms with Crippen LogP contribution in [0.15, 0.2) is 65.1 Å². The SMILES string of the molecule is O=C(NC1(C(=O)N[C@@H](CCCN2CCN(CC3CCOCC3)CC2)Cc2ccccc2)CCCC1)c1cc2ccccc2o1.O=C(O)C(F)(F)F. The molecule has 2 aromatic carbocycles. The number of carboxylic acids is 1. The summed E-state index contributed by atoms with van der Waals surface area (Å²) in [6, 6.07) is 19.7. The Balaban J connectivity index is 0.000000654. The Morgan fingerprint density at radius 2 is 1.55 bits per heavy atom. The predicted octanol–water partition coefficient (Wildman–Crippen LogP) is 5.66. The van der Waals surface area contributed by atoms with Crippen LogP contribution < -0.4 is 10.6 Å². The Hall–Kier alpha value is -3.94. The summed E-state index contributed by atoms with van der Waals surface area (Å²) < 4.78 is 43.1. The molecule has 0 bridgehead atoms.